The van der Waals surface area contributed by atoms with Crippen molar-refractivity contribution in [2.75, 3.05) is 13.6 Å². The van der Waals surface area contributed by atoms with E-state index in [1.807, 2.05) is 24.3 Å². The zero-order valence-electron chi connectivity index (χ0n) is 16.9. The first kappa shape index (κ1) is 20.8. The van der Waals surface area contributed by atoms with Crippen LogP contribution in [-0.4, -0.2) is 36.1 Å². The minimum absolute atomic E-state index is 0.106. The van der Waals surface area contributed by atoms with Crippen molar-refractivity contribution in [2.24, 2.45) is 0 Å². The monoisotopic (exact) mass is 374 g/mol. The van der Waals surface area contributed by atoms with Gasteiger partial charge in [0.1, 0.15) is 23.5 Å². The molecule has 2 aromatic rings. The molecule has 148 valence electrons. The Morgan fingerprint density at radius 2 is 1.93 bits per heavy atom. The van der Waals surface area contributed by atoms with Gasteiger partial charge in [0.25, 0.3) is 0 Å². The first-order valence-corrected chi connectivity index (χ1v) is 9.41. The number of furan rings is 1. The number of carbonyl (C=O) groups excluding carboxylic acids is 2. The molecule has 0 saturated heterocycles. The van der Waals surface area contributed by atoms with E-state index in [0.717, 1.165) is 41.6 Å². The maximum absolute atomic E-state index is 12.4. The van der Waals surface area contributed by atoms with Gasteiger partial charge in [-0.05, 0) is 33.3 Å². The Hall–Kier alpha value is -2.50. The van der Waals surface area contributed by atoms with Gasteiger partial charge in [-0.25, -0.2) is 4.79 Å². The molecule has 0 atom stereocenters. The molecule has 0 bridgehead atoms. The first-order valence-electron chi connectivity index (χ1n) is 9.41. The van der Waals surface area contributed by atoms with Crippen molar-refractivity contribution in [1.82, 2.24) is 10.2 Å². The molecule has 1 N–H and O–H groups in total. The summed E-state index contributed by atoms with van der Waals surface area (Å²) < 4.78 is 11.2. The minimum Gasteiger partial charge on any atom is -0.461 e. The molecule has 0 radical (unpaired) electrons. The number of aryl methyl sites for hydroxylation is 1. The van der Waals surface area contributed by atoms with Gasteiger partial charge in [0.15, 0.2) is 0 Å². The van der Waals surface area contributed by atoms with Crippen LogP contribution in [0.15, 0.2) is 28.7 Å². The topological polar surface area (TPSA) is 71.8 Å². The number of hydrogen-bond donors (Lipinski definition) is 1. The molecule has 1 heterocycles. The molecule has 6 nitrogen and oxygen atoms in total. The summed E-state index contributed by atoms with van der Waals surface area (Å²) in [7, 11) is 1.73. The number of rotatable bonds is 7. The second-order valence-corrected chi connectivity index (χ2v) is 7.71. The van der Waals surface area contributed by atoms with E-state index in [-0.39, 0.29) is 12.5 Å². The lowest BCUT2D eigenvalue weighted by atomic mass is 10.1. The molecular formula is C21H30N2O4. The molecular weight excluding hydrogens is 344 g/mol. The number of para-hydroxylation sites is 1. The van der Waals surface area contributed by atoms with E-state index < -0.39 is 11.7 Å². The van der Waals surface area contributed by atoms with Crippen LogP contribution in [0.2, 0.25) is 0 Å². The maximum atomic E-state index is 12.4. The molecule has 0 aliphatic rings. The van der Waals surface area contributed by atoms with Crippen LogP contribution in [-0.2, 0) is 22.5 Å². The molecule has 0 spiro atoms. The highest BCUT2D eigenvalue weighted by Gasteiger charge is 2.20. The van der Waals surface area contributed by atoms with Crippen molar-refractivity contribution in [3.05, 3.63) is 35.6 Å². The number of likely N-dealkylation sites (N-methyl/N-ethyl adjacent to an activating group) is 1. The molecule has 2 amide bonds. The van der Waals surface area contributed by atoms with E-state index in [9.17, 15) is 9.59 Å². The molecule has 0 aliphatic carbocycles. The second-order valence-electron chi connectivity index (χ2n) is 7.71. The predicted molar refractivity (Wildman–Crippen MR) is 106 cm³/mol. The van der Waals surface area contributed by atoms with Crippen molar-refractivity contribution >= 4 is 23.0 Å². The van der Waals surface area contributed by atoms with E-state index in [1.54, 1.807) is 32.7 Å². The van der Waals surface area contributed by atoms with Gasteiger partial charge in [-0.2, -0.15) is 0 Å². The Morgan fingerprint density at radius 3 is 2.59 bits per heavy atom. The number of fused-ring (bicyclic) bond motifs is 1. The fourth-order valence-electron chi connectivity index (χ4n) is 2.78. The van der Waals surface area contributed by atoms with Crippen LogP contribution in [0, 0.1) is 0 Å². The molecule has 0 fully saturated rings. The van der Waals surface area contributed by atoms with E-state index in [1.165, 1.54) is 0 Å². The second kappa shape index (κ2) is 8.93. The maximum Gasteiger partial charge on any atom is 0.408 e. The lowest BCUT2D eigenvalue weighted by Crippen LogP contribution is -2.40. The van der Waals surface area contributed by atoms with E-state index in [4.69, 9.17) is 9.15 Å². The predicted octanol–water partition coefficient (Wildman–Crippen LogP) is 4.26. The van der Waals surface area contributed by atoms with Gasteiger partial charge in [0.05, 0.1) is 0 Å². The van der Waals surface area contributed by atoms with Gasteiger partial charge in [0.2, 0.25) is 5.91 Å². The normalized spacial score (nSPS) is 11.4. The van der Waals surface area contributed by atoms with Crippen LogP contribution < -0.4 is 5.32 Å². The van der Waals surface area contributed by atoms with Crippen molar-refractivity contribution < 1.29 is 18.7 Å². The molecule has 27 heavy (non-hydrogen) atoms. The van der Waals surface area contributed by atoms with Crippen molar-refractivity contribution in [3.63, 3.8) is 0 Å². The fourth-order valence-corrected chi connectivity index (χ4v) is 2.78. The van der Waals surface area contributed by atoms with E-state index in [2.05, 4.69) is 12.2 Å². The summed E-state index contributed by atoms with van der Waals surface area (Å²) in [6.45, 7) is 7.81. The van der Waals surface area contributed by atoms with Crippen LogP contribution in [0.25, 0.3) is 11.0 Å². The SMILES string of the molecule is CCCCc1oc2ccccc2c1CN(C)C(=O)CNC(=O)OC(C)(C)C. The average molecular weight is 374 g/mol. The Kier molecular flexibility index (Phi) is 6.88. The van der Waals surface area contributed by atoms with Gasteiger partial charge in [0, 0.05) is 31.0 Å². The molecule has 0 saturated carbocycles. The highest BCUT2D eigenvalue weighted by Crippen LogP contribution is 2.28. The standard InChI is InChI=1S/C21H30N2O4/c1-6-7-11-18-16(15-10-8-9-12-17(15)26-18)14-23(5)19(24)13-22-20(25)27-21(2,3)4/h8-10,12H,6-7,11,13-14H2,1-5H3,(H,22,25). The number of nitrogens with one attached hydrogen (secondary N) is 1. The minimum atomic E-state index is -0.596. The lowest BCUT2D eigenvalue weighted by Gasteiger charge is -2.21. The van der Waals surface area contributed by atoms with E-state index in [0.29, 0.717) is 6.54 Å². The number of carbonyl (C=O) groups is 2. The van der Waals surface area contributed by atoms with Gasteiger partial charge in [-0.3, -0.25) is 4.79 Å². The van der Waals surface area contributed by atoms with Gasteiger partial charge < -0.3 is 19.4 Å². The summed E-state index contributed by atoms with van der Waals surface area (Å²) in [6, 6.07) is 7.87. The molecule has 2 rings (SSSR count). The Morgan fingerprint density at radius 1 is 1.22 bits per heavy atom. The largest absolute Gasteiger partial charge is 0.461 e. The number of amides is 2. The van der Waals surface area contributed by atoms with Crippen molar-refractivity contribution in [1.29, 1.82) is 0 Å². The Labute approximate surface area is 160 Å². The number of hydrogen-bond acceptors (Lipinski definition) is 4. The third-order valence-corrected chi connectivity index (χ3v) is 4.14. The van der Waals surface area contributed by atoms with Crippen LogP contribution in [0.4, 0.5) is 4.79 Å². The summed E-state index contributed by atoms with van der Waals surface area (Å²) in [5.41, 5.74) is 1.28. The van der Waals surface area contributed by atoms with Crippen LogP contribution in [0.1, 0.15) is 51.9 Å². The van der Waals surface area contributed by atoms with Gasteiger partial charge in [-0.15, -0.1) is 0 Å². The summed E-state index contributed by atoms with van der Waals surface area (Å²) in [5.74, 6) is 0.741. The highest BCUT2D eigenvalue weighted by molar-refractivity contribution is 5.85. The Bertz CT molecular complexity index is 789. The van der Waals surface area contributed by atoms with Crippen LogP contribution >= 0.6 is 0 Å². The molecule has 0 aliphatic heterocycles. The molecule has 6 heteroatoms. The summed E-state index contributed by atoms with van der Waals surface area (Å²) >= 11 is 0. The van der Waals surface area contributed by atoms with Crippen molar-refractivity contribution in [2.45, 2.75) is 59.1 Å². The van der Waals surface area contributed by atoms with E-state index >= 15 is 0 Å². The summed E-state index contributed by atoms with van der Waals surface area (Å²) in [5, 5.41) is 3.54. The fraction of sp³-hybridized carbons (Fsp3) is 0.524. The van der Waals surface area contributed by atoms with Crippen molar-refractivity contribution in [3.8, 4) is 0 Å². The van der Waals surface area contributed by atoms with Crippen LogP contribution in [0.3, 0.4) is 0 Å². The quantitative estimate of drug-likeness (QED) is 0.786. The number of benzene rings is 1. The molecule has 1 aromatic carbocycles. The van der Waals surface area contributed by atoms with Gasteiger partial charge in [-0.1, -0.05) is 31.5 Å². The molecule has 0 unspecified atom stereocenters. The first-order chi connectivity index (χ1) is 12.7. The molecule has 1 aromatic heterocycles. The Balaban J connectivity index is 2.04. The number of unbranched alkanes of at least 4 members (excludes halogenated alkanes) is 1. The summed E-state index contributed by atoms with van der Waals surface area (Å²) in [6.07, 6.45) is 2.36. The number of nitrogens with zero attached hydrogens (tertiary/aromatic N) is 1. The number of ether oxygens (including phenoxy) is 1. The third kappa shape index (κ3) is 6.01. The zero-order valence-corrected chi connectivity index (χ0v) is 16.9. The van der Waals surface area contributed by atoms with Crippen LogP contribution in [0.5, 0.6) is 0 Å². The van der Waals surface area contributed by atoms with Gasteiger partial charge >= 0.3 is 6.09 Å². The number of alkyl carbamates (subject to hydrolysis) is 1. The smallest absolute Gasteiger partial charge is 0.408 e. The third-order valence-electron chi connectivity index (χ3n) is 4.14. The lowest BCUT2D eigenvalue weighted by molar-refractivity contribution is -0.129. The average Bonchev–Trinajstić information content (AvgIpc) is 2.94. The summed E-state index contributed by atoms with van der Waals surface area (Å²) in [4.78, 5) is 25.8. The highest BCUT2D eigenvalue weighted by atomic mass is 16.6. The zero-order chi connectivity index (χ0) is 20.0.